The fourth-order valence-electron chi connectivity index (χ4n) is 2.55. The number of piperazine rings is 1. The standard InChI is InChI=1S/C14H22ClN3/c1-11-4-5-12(15)8-14(11)18-7-6-16-9-13(18)10-17(2)3/h4-5,8,13,16H,6-7,9-10H2,1-3H3. The Kier molecular flexibility index (Phi) is 4.49. The zero-order chi connectivity index (χ0) is 13.1. The molecule has 1 fully saturated rings. The molecule has 1 aliphatic heterocycles. The molecule has 0 saturated carbocycles. The van der Waals surface area contributed by atoms with E-state index in [1.165, 1.54) is 11.3 Å². The molecule has 100 valence electrons. The Morgan fingerprint density at radius 2 is 2.22 bits per heavy atom. The van der Waals surface area contributed by atoms with Gasteiger partial charge in [0.05, 0.1) is 6.04 Å². The molecule has 0 spiro atoms. The molecule has 0 amide bonds. The zero-order valence-corrected chi connectivity index (χ0v) is 12.2. The zero-order valence-electron chi connectivity index (χ0n) is 11.4. The number of rotatable bonds is 3. The van der Waals surface area contributed by atoms with E-state index in [1.807, 2.05) is 6.07 Å². The van der Waals surface area contributed by atoms with E-state index in [1.54, 1.807) is 0 Å². The van der Waals surface area contributed by atoms with Gasteiger partial charge in [-0.1, -0.05) is 17.7 Å². The molecule has 0 aromatic heterocycles. The second kappa shape index (κ2) is 5.91. The third-order valence-electron chi connectivity index (χ3n) is 3.41. The second-order valence-electron chi connectivity index (χ2n) is 5.24. The summed E-state index contributed by atoms with van der Waals surface area (Å²) in [5.74, 6) is 0. The van der Waals surface area contributed by atoms with E-state index >= 15 is 0 Å². The van der Waals surface area contributed by atoms with Crippen LogP contribution < -0.4 is 10.2 Å². The van der Waals surface area contributed by atoms with Gasteiger partial charge in [-0.3, -0.25) is 0 Å². The average molecular weight is 268 g/mol. The molecule has 1 aliphatic rings. The smallest absolute Gasteiger partial charge is 0.0541 e. The van der Waals surface area contributed by atoms with E-state index in [9.17, 15) is 0 Å². The molecule has 2 rings (SSSR count). The average Bonchev–Trinajstić information content (AvgIpc) is 2.32. The van der Waals surface area contributed by atoms with Crippen LogP contribution in [0.4, 0.5) is 5.69 Å². The predicted octanol–water partition coefficient (Wildman–Crippen LogP) is 1.99. The topological polar surface area (TPSA) is 18.5 Å². The number of nitrogens with zero attached hydrogens (tertiary/aromatic N) is 2. The SMILES string of the molecule is Cc1ccc(Cl)cc1N1CCNCC1CN(C)C. The van der Waals surface area contributed by atoms with Crippen LogP contribution in [0.25, 0.3) is 0 Å². The van der Waals surface area contributed by atoms with E-state index in [0.717, 1.165) is 31.2 Å². The van der Waals surface area contributed by atoms with Crippen LogP contribution in [0.1, 0.15) is 5.56 Å². The summed E-state index contributed by atoms with van der Waals surface area (Å²) < 4.78 is 0. The van der Waals surface area contributed by atoms with E-state index in [-0.39, 0.29) is 0 Å². The van der Waals surface area contributed by atoms with Crippen LogP contribution in [0, 0.1) is 6.92 Å². The van der Waals surface area contributed by atoms with Crippen LogP contribution in [-0.2, 0) is 0 Å². The minimum atomic E-state index is 0.505. The van der Waals surface area contributed by atoms with Gasteiger partial charge in [-0.05, 0) is 38.7 Å². The Hall–Kier alpha value is -0.770. The molecule has 1 heterocycles. The first-order chi connectivity index (χ1) is 8.58. The Bertz CT molecular complexity index is 406. The number of anilines is 1. The van der Waals surface area contributed by atoms with Crippen LogP contribution in [0.2, 0.25) is 5.02 Å². The van der Waals surface area contributed by atoms with Crippen LogP contribution in [0.15, 0.2) is 18.2 Å². The fraction of sp³-hybridized carbons (Fsp3) is 0.571. The van der Waals surface area contributed by atoms with Gasteiger partial charge in [0.1, 0.15) is 0 Å². The van der Waals surface area contributed by atoms with Crippen molar-refractivity contribution in [3.63, 3.8) is 0 Å². The molecule has 1 unspecified atom stereocenters. The summed E-state index contributed by atoms with van der Waals surface area (Å²) in [6, 6.07) is 6.66. The minimum absolute atomic E-state index is 0.505. The molecule has 0 aliphatic carbocycles. The van der Waals surface area contributed by atoms with Gasteiger partial charge in [0.15, 0.2) is 0 Å². The minimum Gasteiger partial charge on any atom is -0.364 e. The maximum absolute atomic E-state index is 6.14. The molecule has 1 aromatic rings. The Balaban J connectivity index is 2.24. The first-order valence-corrected chi connectivity index (χ1v) is 6.84. The first-order valence-electron chi connectivity index (χ1n) is 6.46. The van der Waals surface area contributed by atoms with Crippen LogP contribution in [-0.4, -0.2) is 51.2 Å². The number of halogens is 1. The van der Waals surface area contributed by atoms with Crippen LogP contribution in [0.3, 0.4) is 0 Å². The highest BCUT2D eigenvalue weighted by atomic mass is 35.5. The lowest BCUT2D eigenvalue weighted by atomic mass is 10.1. The molecule has 3 nitrogen and oxygen atoms in total. The Morgan fingerprint density at radius 3 is 2.94 bits per heavy atom. The lowest BCUT2D eigenvalue weighted by molar-refractivity contribution is 0.336. The Morgan fingerprint density at radius 1 is 1.44 bits per heavy atom. The van der Waals surface area contributed by atoms with Crippen molar-refractivity contribution in [2.45, 2.75) is 13.0 Å². The van der Waals surface area contributed by atoms with Crippen molar-refractivity contribution in [1.82, 2.24) is 10.2 Å². The summed E-state index contributed by atoms with van der Waals surface area (Å²) in [5, 5.41) is 4.29. The molecular formula is C14H22ClN3. The third kappa shape index (κ3) is 3.16. The number of nitrogens with one attached hydrogen (secondary N) is 1. The van der Waals surface area contributed by atoms with E-state index in [4.69, 9.17) is 11.6 Å². The summed E-state index contributed by atoms with van der Waals surface area (Å²) in [6.07, 6.45) is 0. The van der Waals surface area contributed by atoms with E-state index < -0.39 is 0 Å². The number of hydrogen-bond acceptors (Lipinski definition) is 3. The summed E-state index contributed by atoms with van der Waals surface area (Å²) in [7, 11) is 4.25. The number of hydrogen-bond donors (Lipinski definition) is 1. The molecule has 1 atom stereocenters. The largest absolute Gasteiger partial charge is 0.364 e. The van der Waals surface area contributed by atoms with Gasteiger partial charge in [0, 0.05) is 36.9 Å². The van der Waals surface area contributed by atoms with Crippen molar-refractivity contribution in [2.75, 3.05) is 45.2 Å². The molecule has 1 N–H and O–H groups in total. The van der Waals surface area contributed by atoms with Gasteiger partial charge in [-0.15, -0.1) is 0 Å². The summed E-state index contributed by atoms with van der Waals surface area (Å²) in [5.41, 5.74) is 2.57. The monoisotopic (exact) mass is 267 g/mol. The van der Waals surface area contributed by atoms with Crippen LogP contribution in [0.5, 0.6) is 0 Å². The van der Waals surface area contributed by atoms with Gasteiger partial charge >= 0.3 is 0 Å². The number of benzene rings is 1. The molecule has 0 radical (unpaired) electrons. The highest BCUT2D eigenvalue weighted by molar-refractivity contribution is 6.30. The van der Waals surface area contributed by atoms with Crippen molar-refractivity contribution in [1.29, 1.82) is 0 Å². The summed E-state index contributed by atoms with van der Waals surface area (Å²) in [4.78, 5) is 4.72. The molecule has 4 heteroatoms. The fourth-order valence-corrected chi connectivity index (χ4v) is 2.72. The van der Waals surface area contributed by atoms with Gasteiger partial charge in [-0.2, -0.15) is 0 Å². The maximum Gasteiger partial charge on any atom is 0.0541 e. The van der Waals surface area contributed by atoms with Gasteiger partial charge < -0.3 is 15.1 Å². The Labute approximate surface area is 115 Å². The normalized spacial score (nSPS) is 20.5. The third-order valence-corrected chi connectivity index (χ3v) is 3.64. The van der Waals surface area contributed by atoms with Gasteiger partial charge in [0.2, 0.25) is 0 Å². The van der Waals surface area contributed by atoms with Gasteiger partial charge in [0.25, 0.3) is 0 Å². The molecule has 1 saturated heterocycles. The van der Waals surface area contributed by atoms with E-state index in [2.05, 4.69) is 48.3 Å². The van der Waals surface area contributed by atoms with Crippen LogP contribution >= 0.6 is 11.6 Å². The van der Waals surface area contributed by atoms with Gasteiger partial charge in [-0.25, -0.2) is 0 Å². The molecular weight excluding hydrogens is 246 g/mol. The second-order valence-corrected chi connectivity index (χ2v) is 5.68. The number of likely N-dealkylation sites (N-methyl/N-ethyl adjacent to an activating group) is 1. The predicted molar refractivity (Wildman–Crippen MR) is 78.7 cm³/mol. The first kappa shape index (κ1) is 13.7. The lowest BCUT2D eigenvalue weighted by Gasteiger charge is -2.40. The van der Waals surface area contributed by atoms with Crippen molar-refractivity contribution in [3.8, 4) is 0 Å². The van der Waals surface area contributed by atoms with Crippen molar-refractivity contribution in [3.05, 3.63) is 28.8 Å². The molecule has 1 aromatic carbocycles. The van der Waals surface area contributed by atoms with Crippen molar-refractivity contribution < 1.29 is 0 Å². The maximum atomic E-state index is 6.14. The molecule has 18 heavy (non-hydrogen) atoms. The highest BCUT2D eigenvalue weighted by Crippen LogP contribution is 2.26. The summed E-state index contributed by atoms with van der Waals surface area (Å²) in [6.45, 7) is 6.32. The molecule has 0 bridgehead atoms. The van der Waals surface area contributed by atoms with E-state index in [0.29, 0.717) is 6.04 Å². The lowest BCUT2D eigenvalue weighted by Crippen LogP contribution is -2.55. The summed E-state index contributed by atoms with van der Waals surface area (Å²) >= 11 is 6.14. The quantitative estimate of drug-likeness (QED) is 0.904. The van der Waals surface area contributed by atoms with Crippen molar-refractivity contribution >= 4 is 17.3 Å². The number of aryl methyl sites for hydroxylation is 1. The van der Waals surface area contributed by atoms with Crippen molar-refractivity contribution in [2.24, 2.45) is 0 Å². The highest BCUT2D eigenvalue weighted by Gasteiger charge is 2.24.